The maximum Gasteiger partial charge on any atom is 0.257 e. The molecular weight excluding hydrogens is 248 g/mol. The standard InChI is InChI=1S/C17H20N2O/c1-11(2)13-7-9-14(10-8-13)19-17(20)15-6-4-5-12(3)16(15)18/h4-11H,18H2,1-3H3,(H,19,20). The second-order valence-corrected chi connectivity index (χ2v) is 5.27. The second-order valence-electron chi connectivity index (χ2n) is 5.27. The van der Waals surface area contributed by atoms with E-state index in [1.54, 1.807) is 6.07 Å². The Balaban J connectivity index is 2.17. The molecule has 3 heteroatoms. The molecule has 0 aliphatic rings. The van der Waals surface area contributed by atoms with Gasteiger partial charge in [-0.2, -0.15) is 0 Å². The normalized spacial score (nSPS) is 10.6. The minimum Gasteiger partial charge on any atom is -0.398 e. The van der Waals surface area contributed by atoms with Gasteiger partial charge < -0.3 is 11.1 Å². The highest BCUT2D eigenvalue weighted by atomic mass is 16.1. The van der Waals surface area contributed by atoms with Gasteiger partial charge in [0.05, 0.1) is 5.56 Å². The molecule has 2 rings (SSSR count). The lowest BCUT2D eigenvalue weighted by molar-refractivity contribution is 0.102. The van der Waals surface area contributed by atoms with Crippen LogP contribution in [0.5, 0.6) is 0 Å². The molecule has 0 fully saturated rings. The third-order valence-electron chi connectivity index (χ3n) is 3.40. The van der Waals surface area contributed by atoms with Crippen molar-refractivity contribution in [3.63, 3.8) is 0 Å². The fourth-order valence-corrected chi connectivity index (χ4v) is 2.03. The number of benzene rings is 2. The van der Waals surface area contributed by atoms with Crippen molar-refractivity contribution in [1.29, 1.82) is 0 Å². The highest BCUT2D eigenvalue weighted by molar-refractivity contribution is 6.08. The molecule has 0 atom stereocenters. The van der Waals surface area contributed by atoms with E-state index in [-0.39, 0.29) is 5.91 Å². The Morgan fingerprint density at radius 3 is 2.35 bits per heavy atom. The molecule has 0 aliphatic carbocycles. The number of rotatable bonds is 3. The smallest absolute Gasteiger partial charge is 0.257 e. The van der Waals surface area contributed by atoms with Gasteiger partial charge in [-0.3, -0.25) is 4.79 Å². The van der Waals surface area contributed by atoms with E-state index >= 15 is 0 Å². The zero-order valence-electron chi connectivity index (χ0n) is 12.1. The van der Waals surface area contributed by atoms with Crippen LogP contribution in [-0.4, -0.2) is 5.91 Å². The van der Waals surface area contributed by atoms with Crippen LogP contribution in [0.4, 0.5) is 11.4 Å². The Morgan fingerprint density at radius 1 is 1.10 bits per heavy atom. The summed E-state index contributed by atoms with van der Waals surface area (Å²) in [6.07, 6.45) is 0. The van der Waals surface area contributed by atoms with Crippen molar-refractivity contribution in [2.24, 2.45) is 0 Å². The number of carbonyl (C=O) groups excluding carboxylic acids is 1. The van der Waals surface area contributed by atoms with Gasteiger partial charge >= 0.3 is 0 Å². The van der Waals surface area contributed by atoms with Crippen molar-refractivity contribution in [1.82, 2.24) is 0 Å². The maximum absolute atomic E-state index is 12.2. The van der Waals surface area contributed by atoms with Gasteiger partial charge in [-0.25, -0.2) is 0 Å². The summed E-state index contributed by atoms with van der Waals surface area (Å²) >= 11 is 0. The van der Waals surface area contributed by atoms with Crippen LogP contribution in [0.1, 0.15) is 41.3 Å². The molecular formula is C17H20N2O. The molecule has 0 saturated carbocycles. The average molecular weight is 268 g/mol. The van der Waals surface area contributed by atoms with Gasteiger partial charge in [-0.15, -0.1) is 0 Å². The highest BCUT2D eigenvalue weighted by Crippen LogP contribution is 2.20. The van der Waals surface area contributed by atoms with Crippen LogP contribution in [0.3, 0.4) is 0 Å². The van der Waals surface area contributed by atoms with E-state index in [4.69, 9.17) is 5.73 Å². The van der Waals surface area contributed by atoms with E-state index in [0.717, 1.165) is 11.3 Å². The Morgan fingerprint density at radius 2 is 1.75 bits per heavy atom. The van der Waals surface area contributed by atoms with Gasteiger partial charge in [0.2, 0.25) is 0 Å². The summed E-state index contributed by atoms with van der Waals surface area (Å²) in [7, 11) is 0. The molecule has 0 aromatic heterocycles. The van der Waals surface area contributed by atoms with Crippen LogP contribution in [0.2, 0.25) is 0 Å². The minimum atomic E-state index is -0.177. The molecule has 0 spiro atoms. The summed E-state index contributed by atoms with van der Waals surface area (Å²) in [4.78, 5) is 12.2. The van der Waals surface area contributed by atoms with Crippen LogP contribution >= 0.6 is 0 Å². The van der Waals surface area contributed by atoms with E-state index in [1.165, 1.54) is 5.56 Å². The van der Waals surface area contributed by atoms with Crippen molar-refractivity contribution in [2.75, 3.05) is 11.1 Å². The summed E-state index contributed by atoms with van der Waals surface area (Å²) in [5, 5.41) is 2.87. The van der Waals surface area contributed by atoms with Crippen LogP contribution in [0, 0.1) is 6.92 Å². The summed E-state index contributed by atoms with van der Waals surface area (Å²) in [6, 6.07) is 13.4. The summed E-state index contributed by atoms with van der Waals surface area (Å²) in [6.45, 7) is 6.17. The molecule has 0 bridgehead atoms. The fourth-order valence-electron chi connectivity index (χ4n) is 2.03. The molecule has 1 amide bonds. The first-order valence-corrected chi connectivity index (χ1v) is 6.75. The van der Waals surface area contributed by atoms with Gasteiger partial charge in [0.25, 0.3) is 5.91 Å². The number of nitrogens with two attached hydrogens (primary N) is 1. The number of para-hydroxylation sites is 1. The molecule has 0 unspecified atom stereocenters. The quantitative estimate of drug-likeness (QED) is 0.828. The molecule has 3 nitrogen and oxygen atoms in total. The van der Waals surface area contributed by atoms with Crippen LogP contribution < -0.4 is 11.1 Å². The van der Waals surface area contributed by atoms with E-state index in [9.17, 15) is 4.79 Å². The second kappa shape index (κ2) is 5.78. The lowest BCUT2D eigenvalue weighted by Crippen LogP contribution is -2.14. The van der Waals surface area contributed by atoms with Gasteiger partial charge in [-0.1, -0.05) is 38.1 Å². The van der Waals surface area contributed by atoms with Crippen molar-refractivity contribution < 1.29 is 4.79 Å². The molecule has 3 N–H and O–H groups in total. The third-order valence-corrected chi connectivity index (χ3v) is 3.40. The van der Waals surface area contributed by atoms with Crippen molar-refractivity contribution in [3.05, 3.63) is 59.2 Å². The summed E-state index contributed by atoms with van der Waals surface area (Å²) < 4.78 is 0. The fraction of sp³-hybridized carbons (Fsp3) is 0.235. The molecule has 0 saturated heterocycles. The Hall–Kier alpha value is -2.29. The first-order chi connectivity index (χ1) is 9.49. The molecule has 0 aliphatic heterocycles. The predicted molar refractivity (Wildman–Crippen MR) is 84.1 cm³/mol. The molecule has 2 aromatic carbocycles. The SMILES string of the molecule is Cc1cccc(C(=O)Nc2ccc(C(C)C)cc2)c1N. The number of nitrogen functional groups attached to an aromatic ring is 1. The van der Waals surface area contributed by atoms with E-state index in [2.05, 4.69) is 19.2 Å². The zero-order chi connectivity index (χ0) is 14.7. The summed E-state index contributed by atoms with van der Waals surface area (Å²) in [5.74, 6) is 0.302. The third kappa shape index (κ3) is 2.99. The lowest BCUT2D eigenvalue weighted by Gasteiger charge is -2.10. The number of hydrogen-bond donors (Lipinski definition) is 2. The largest absolute Gasteiger partial charge is 0.398 e. The van der Waals surface area contributed by atoms with Gasteiger partial charge in [0, 0.05) is 11.4 Å². The molecule has 20 heavy (non-hydrogen) atoms. The van der Waals surface area contributed by atoms with Gasteiger partial charge in [-0.05, 0) is 42.2 Å². The first kappa shape index (κ1) is 14.1. The van der Waals surface area contributed by atoms with Crippen LogP contribution in [-0.2, 0) is 0 Å². The van der Waals surface area contributed by atoms with Crippen LogP contribution in [0.15, 0.2) is 42.5 Å². The predicted octanol–water partition coefficient (Wildman–Crippen LogP) is 3.95. The number of hydrogen-bond acceptors (Lipinski definition) is 2. The topological polar surface area (TPSA) is 55.1 Å². The Labute approximate surface area is 119 Å². The molecule has 2 aromatic rings. The lowest BCUT2D eigenvalue weighted by atomic mass is 10.0. The highest BCUT2D eigenvalue weighted by Gasteiger charge is 2.11. The van der Waals surface area contributed by atoms with Crippen LogP contribution in [0.25, 0.3) is 0 Å². The van der Waals surface area contributed by atoms with E-state index in [0.29, 0.717) is 17.2 Å². The summed E-state index contributed by atoms with van der Waals surface area (Å²) in [5.41, 5.74) is 9.92. The van der Waals surface area contributed by atoms with E-state index < -0.39 is 0 Å². The Kier molecular flexibility index (Phi) is 4.08. The number of nitrogens with one attached hydrogen (secondary N) is 1. The van der Waals surface area contributed by atoms with Crippen molar-refractivity contribution >= 4 is 17.3 Å². The number of amides is 1. The average Bonchev–Trinajstić information content (AvgIpc) is 2.42. The van der Waals surface area contributed by atoms with E-state index in [1.807, 2.05) is 43.3 Å². The first-order valence-electron chi connectivity index (χ1n) is 6.75. The number of anilines is 2. The maximum atomic E-state index is 12.2. The molecule has 0 radical (unpaired) electrons. The number of carbonyl (C=O) groups is 1. The molecule has 0 heterocycles. The zero-order valence-corrected chi connectivity index (χ0v) is 12.1. The Bertz CT molecular complexity index is 615. The van der Waals surface area contributed by atoms with Crippen molar-refractivity contribution in [2.45, 2.75) is 26.7 Å². The van der Waals surface area contributed by atoms with Gasteiger partial charge in [0.1, 0.15) is 0 Å². The molecule has 104 valence electrons. The minimum absolute atomic E-state index is 0.177. The van der Waals surface area contributed by atoms with Crippen molar-refractivity contribution in [3.8, 4) is 0 Å². The number of aryl methyl sites for hydroxylation is 1. The monoisotopic (exact) mass is 268 g/mol. The van der Waals surface area contributed by atoms with Gasteiger partial charge in [0.15, 0.2) is 0 Å².